The van der Waals surface area contributed by atoms with Crippen LogP contribution in [-0.4, -0.2) is 38.1 Å². The maximum atomic E-state index is 13.2. The van der Waals surface area contributed by atoms with Crippen LogP contribution in [0.1, 0.15) is 46.8 Å². The predicted molar refractivity (Wildman–Crippen MR) is 140 cm³/mol. The lowest BCUT2D eigenvalue weighted by molar-refractivity contribution is 0.102. The van der Waals surface area contributed by atoms with E-state index in [1.807, 2.05) is 60.0 Å². The second kappa shape index (κ2) is 10.1. The number of anilines is 1. The summed E-state index contributed by atoms with van der Waals surface area (Å²) in [7, 11) is 3.34. The van der Waals surface area contributed by atoms with Crippen molar-refractivity contribution in [1.82, 2.24) is 4.90 Å². The summed E-state index contributed by atoms with van der Waals surface area (Å²) in [4.78, 5) is 16.3. The fourth-order valence-corrected chi connectivity index (χ4v) is 5.43. The number of amides is 1. The van der Waals surface area contributed by atoms with Crippen molar-refractivity contribution in [3.8, 4) is 11.5 Å². The predicted octanol–water partition coefficient (Wildman–Crippen LogP) is 6.59. The number of carbonyl (C=O) groups is 1. The fourth-order valence-electron chi connectivity index (χ4n) is 4.81. The minimum atomic E-state index is -0.251. The molecule has 2 aromatic heterocycles. The largest absolute Gasteiger partial charge is 0.497 e. The van der Waals surface area contributed by atoms with Gasteiger partial charge in [0.25, 0.3) is 5.91 Å². The highest BCUT2D eigenvalue weighted by Crippen LogP contribution is 2.45. The summed E-state index contributed by atoms with van der Waals surface area (Å²) in [5, 5.41) is 5.96. The number of piperidine rings is 1. The van der Waals surface area contributed by atoms with E-state index in [1.165, 1.54) is 11.3 Å². The van der Waals surface area contributed by atoms with E-state index in [2.05, 4.69) is 17.1 Å². The number of ether oxygens (including phenoxy) is 2. The van der Waals surface area contributed by atoms with E-state index < -0.39 is 0 Å². The van der Waals surface area contributed by atoms with E-state index >= 15 is 0 Å². The van der Waals surface area contributed by atoms with E-state index in [-0.39, 0.29) is 11.9 Å². The van der Waals surface area contributed by atoms with Crippen molar-refractivity contribution in [3.63, 3.8) is 0 Å². The number of carbonyl (C=O) groups excluding carboxylic acids is 1. The molecular formula is C28H30N2O4S. The summed E-state index contributed by atoms with van der Waals surface area (Å²) in [5.41, 5.74) is 2.39. The van der Waals surface area contributed by atoms with Gasteiger partial charge in [-0.2, -0.15) is 0 Å². The van der Waals surface area contributed by atoms with E-state index in [1.54, 1.807) is 14.2 Å². The molecule has 1 N–H and O–H groups in total. The number of para-hydroxylation sites is 1. The van der Waals surface area contributed by atoms with Gasteiger partial charge in [0.2, 0.25) is 0 Å². The van der Waals surface area contributed by atoms with Crippen LogP contribution in [0.15, 0.2) is 64.4 Å². The van der Waals surface area contributed by atoms with E-state index in [0.717, 1.165) is 54.0 Å². The molecule has 0 aliphatic carbocycles. The SMILES string of the molecule is COc1ccc(OC)c([C@H](c2oc3ccccc3c2NC(=O)c2cccs2)N2CCC(C)CC2)c1. The first kappa shape index (κ1) is 23.5. The lowest BCUT2D eigenvalue weighted by Gasteiger charge is -2.37. The van der Waals surface area contributed by atoms with Crippen LogP contribution < -0.4 is 14.8 Å². The van der Waals surface area contributed by atoms with Crippen molar-refractivity contribution < 1.29 is 18.7 Å². The Labute approximate surface area is 209 Å². The highest BCUT2D eigenvalue weighted by Gasteiger charge is 2.34. The summed E-state index contributed by atoms with van der Waals surface area (Å²) in [5.74, 6) is 2.74. The van der Waals surface area contributed by atoms with E-state index in [0.29, 0.717) is 22.2 Å². The molecule has 3 heterocycles. The second-order valence-electron chi connectivity index (χ2n) is 9.00. The first-order chi connectivity index (χ1) is 17.1. The topological polar surface area (TPSA) is 63.9 Å². The fraction of sp³-hybridized carbons (Fsp3) is 0.321. The van der Waals surface area contributed by atoms with Gasteiger partial charge in [0, 0.05) is 10.9 Å². The van der Waals surface area contributed by atoms with Crippen molar-refractivity contribution in [1.29, 1.82) is 0 Å². The zero-order valence-electron chi connectivity index (χ0n) is 20.2. The Hall–Kier alpha value is -3.29. The molecule has 1 fully saturated rings. The summed E-state index contributed by atoms with van der Waals surface area (Å²) < 4.78 is 17.9. The number of furan rings is 1. The molecule has 0 unspecified atom stereocenters. The number of thiophene rings is 1. The third-order valence-corrected chi connectivity index (χ3v) is 7.64. The number of benzene rings is 2. The lowest BCUT2D eigenvalue weighted by Crippen LogP contribution is -2.37. The average Bonchev–Trinajstić information content (AvgIpc) is 3.54. The number of likely N-dealkylation sites (tertiary alicyclic amines) is 1. The van der Waals surface area contributed by atoms with Gasteiger partial charge in [-0.25, -0.2) is 0 Å². The average molecular weight is 491 g/mol. The van der Waals surface area contributed by atoms with Gasteiger partial charge < -0.3 is 19.2 Å². The third-order valence-electron chi connectivity index (χ3n) is 6.77. The van der Waals surface area contributed by atoms with Gasteiger partial charge in [-0.3, -0.25) is 9.69 Å². The quantitative estimate of drug-likeness (QED) is 0.317. The summed E-state index contributed by atoms with van der Waals surface area (Å²) >= 11 is 1.42. The van der Waals surface area contributed by atoms with Crippen molar-refractivity contribution in [2.45, 2.75) is 25.8 Å². The number of hydrogen-bond acceptors (Lipinski definition) is 6. The van der Waals surface area contributed by atoms with Crippen LogP contribution in [-0.2, 0) is 0 Å². The highest BCUT2D eigenvalue weighted by atomic mass is 32.1. The van der Waals surface area contributed by atoms with Gasteiger partial charge in [0.15, 0.2) is 5.76 Å². The molecule has 1 amide bonds. The lowest BCUT2D eigenvalue weighted by atomic mass is 9.93. The van der Waals surface area contributed by atoms with Crippen LogP contribution in [0, 0.1) is 5.92 Å². The molecule has 1 aliphatic heterocycles. The Morgan fingerprint density at radius 1 is 1.09 bits per heavy atom. The molecule has 7 heteroatoms. The van der Waals surface area contributed by atoms with Crippen LogP contribution >= 0.6 is 11.3 Å². The molecule has 5 rings (SSSR count). The molecule has 2 aromatic carbocycles. The first-order valence-corrected chi connectivity index (χ1v) is 12.8. The molecule has 1 atom stereocenters. The van der Waals surface area contributed by atoms with Crippen molar-refractivity contribution in [2.24, 2.45) is 5.92 Å². The number of hydrogen-bond donors (Lipinski definition) is 1. The van der Waals surface area contributed by atoms with Crippen molar-refractivity contribution in [3.05, 3.63) is 76.2 Å². The van der Waals surface area contributed by atoms with Crippen LogP contribution in [0.2, 0.25) is 0 Å². The normalized spacial score (nSPS) is 15.7. The zero-order valence-corrected chi connectivity index (χ0v) is 21.1. The second-order valence-corrected chi connectivity index (χ2v) is 9.95. The zero-order chi connectivity index (χ0) is 24.4. The van der Waals surface area contributed by atoms with Gasteiger partial charge in [-0.05, 0) is 73.6 Å². The Bertz CT molecular complexity index is 1310. The number of methoxy groups -OCH3 is 2. The summed E-state index contributed by atoms with van der Waals surface area (Å²) in [6.07, 6.45) is 2.19. The van der Waals surface area contributed by atoms with Crippen LogP contribution in [0.25, 0.3) is 11.0 Å². The molecule has 0 saturated carbocycles. The maximum absolute atomic E-state index is 13.2. The van der Waals surface area contributed by atoms with Gasteiger partial charge in [0.1, 0.15) is 17.1 Å². The van der Waals surface area contributed by atoms with Crippen LogP contribution in [0.3, 0.4) is 0 Å². The minimum absolute atomic E-state index is 0.142. The molecule has 0 bridgehead atoms. The highest BCUT2D eigenvalue weighted by molar-refractivity contribution is 7.12. The monoisotopic (exact) mass is 490 g/mol. The first-order valence-electron chi connectivity index (χ1n) is 11.9. The van der Waals surface area contributed by atoms with Crippen molar-refractivity contribution >= 4 is 33.9 Å². The molecule has 1 aliphatic rings. The Morgan fingerprint density at radius 2 is 1.89 bits per heavy atom. The minimum Gasteiger partial charge on any atom is -0.497 e. The molecule has 0 spiro atoms. The van der Waals surface area contributed by atoms with Gasteiger partial charge in [0.05, 0.1) is 30.8 Å². The molecule has 6 nitrogen and oxygen atoms in total. The number of fused-ring (bicyclic) bond motifs is 1. The summed E-state index contributed by atoms with van der Waals surface area (Å²) in [6.45, 7) is 4.13. The molecule has 4 aromatic rings. The van der Waals surface area contributed by atoms with E-state index in [4.69, 9.17) is 13.9 Å². The van der Waals surface area contributed by atoms with Crippen molar-refractivity contribution in [2.75, 3.05) is 32.6 Å². The smallest absolute Gasteiger partial charge is 0.265 e. The van der Waals surface area contributed by atoms with Gasteiger partial charge in [-0.15, -0.1) is 11.3 Å². The van der Waals surface area contributed by atoms with Crippen LogP contribution in [0.4, 0.5) is 5.69 Å². The third kappa shape index (κ3) is 4.66. The molecular weight excluding hydrogens is 460 g/mol. The standard InChI is InChI=1S/C28H30N2O4S/c1-18-12-14-30(15-13-18)26(21-17-19(32-2)10-11-22(21)33-3)27-25(20-7-4-5-8-23(20)34-27)29-28(31)24-9-6-16-35-24/h4-11,16-18,26H,12-15H2,1-3H3,(H,29,31)/t26-/m1/s1. The molecule has 1 saturated heterocycles. The number of nitrogens with zero attached hydrogens (tertiary/aromatic N) is 1. The Balaban J connectivity index is 1.69. The summed E-state index contributed by atoms with van der Waals surface area (Å²) in [6, 6.07) is 17.1. The Kier molecular flexibility index (Phi) is 6.79. The molecule has 35 heavy (non-hydrogen) atoms. The Morgan fingerprint density at radius 3 is 2.60 bits per heavy atom. The van der Waals surface area contributed by atoms with Crippen LogP contribution in [0.5, 0.6) is 11.5 Å². The van der Waals surface area contributed by atoms with Gasteiger partial charge in [-0.1, -0.05) is 25.1 Å². The maximum Gasteiger partial charge on any atom is 0.265 e. The number of rotatable bonds is 7. The molecule has 0 radical (unpaired) electrons. The number of nitrogens with one attached hydrogen (secondary N) is 1. The molecule has 182 valence electrons. The van der Waals surface area contributed by atoms with E-state index in [9.17, 15) is 4.79 Å². The van der Waals surface area contributed by atoms with Gasteiger partial charge >= 0.3 is 0 Å².